The quantitative estimate of drug-likeness (QED) is 0.590. The van der Waals surface area contributed by atoms with Crippen LogP contribution in [-0.4, -0.2) is 61.9 Å². The van der Waals surface area contributed by atoms with E-state index in [1.807, 2.05) is 0 Å². The van der Waals surface area contributed by atoms with Crippen molar-refractivity contribution in [2.45, 2.75) is 12.1 Å². The summed E-state index contributed by atoms with van der Waals surface area (Å²) in [6, 6.07) is 5.61. The van der Waals surface area contributed by atoms with Gasteiger partial charge in [-0.3, -0.25) is 9.88 Å². The first kappa shape index (κ1) is 18.9. The molecule has 0 bridgehead atoms. The van der Waals surface area contributed by atoms with Crippen molar-refractivity contribution in [2.24, 2.45) is 0 Å². The molecule has 1 aliphatic heterocycles. The topological polar surface area (TPSA) is 62.7 Å². The number of fused-ring (bicyclic) bond motifs is 1. The highest BCUT2D eigenvalue weighted by Gasteiger charge is 2.48. The van der Waals surface area contributed by atoms with E-state index in [2.05, 4.69) is 26.0 Å². The minimum atomic E-state index is -5.69. The van der Waals surface area contributed by atoms with Crippen LogP contribution in [0.25, 0.3) is 10.9 Å². The lowest BCUT2D eigenvalue weighted by Gasteiger charge is -2.32. The highest BCUT2D eigenvalue weighted by molar-refractivity contribution is 7.88. The van der Waals surface area contributed by atoms with E-state index >= 15 is 0 Å². The van der Waals surface area contributed by atoms with Crippen molar-refractivity contribution in [3.8, 4) is 5.75 Å². The Balaban J connectivity index is 1.80. The van der Waals surface area contributed by atoms with Crippen molar-refractivity contribution in [2.75, 3.05) is 33.2 Å². The lowest BCUT2D eigenvalue weighted by atomic mass is 10.1. The van der Waals surface area contributed by atoms with Gasteiger partial charge >= 0.3 is 15.6 Å². The smallest absolute Gasteiger partial charge is 0.376 e. The zero-order chi connectivity index (χ0) is 18.9. The Bertz CT molecular complexity index is 894. The number of pyridine rings is 1. The van der Waals surface area contributed by atoms with Gasteiger partial charge in [-0.05, 0) is 36.9 Å². The van der Waals surface area contributed by atoms with Crippen LogP contribution in [0, 0.1) is 0 Å². The van der Waals surface area contributed by atoms with Gasteiger partial charge in [0.05, 0.1) is 5.52 Å². The summed E-state index contributed by atoms with van der Waals surface area (Å²) in [5, 5.41) is 0.520. The van der Waals surface area contributed by atoms with Gasteiger partial charge in [-0.15, -0.1) is 0 Å². The molecule has 10 heteroatoms. The maximum atomic E-state index is 12.5. The zero-order valence-electron chi connectivity index (χ0n) is 14.0. The van der Waals surface area contributed by atoms with E-state index in [0.29, 0.717) is 17.4 Å². The van der Waals surface area contributed by atoms with Crippen molar-refractivity contribution in [3.05, 3.63) is 36.0 Å². The van der Waals surface area contributed by atoms with Crippen LogP contribution in [0.3, 0.4) is 0 Å². The van der Waals surface area contributed by atoms with Gasteiger partial charge < -0.3 is 9.08 Å². The van der Waals surface area contributed by atoms with Crippen molar-refractivity contribution in [3.63, 3.8) is 0 Å². The van der Waals surface area contributed by atoms with Gasteiger partial charge in [-0.2, -0.15) is 21.6 Å². The summed E-state index contributed by atoms with van der Waals surface area (Å²) in [6.07, 6.45) is 1.72. The highest BCUT2D eigenvalue weighted by Crippen LogP contribution is 2.28. The van der Waals surface area contributed by atoms with Crippen molar-refractivity contribution >= 4 is 21.0 Å². The Morgan fingerprint density at radius 1 is 1.15 bits per heavy atom. The van der Waals surface area contributed by atoms with Crippen LogP contribution in [0.15, 0.2) is 30.5 Å². The molecule has 26 heavy (non-hydrogen) atoms. The minimum absolute atomic E-state index is 0.395. The van der Waals surface area contributed by atoms with E-state index < -0.39 is 21.4 Å². The first-order valence-corrected chi connectivity index (χ1v) is 9.35. The minimum Gasteiger partial charge on any atom is -0.376 e. The number of benzene rings is 1. The monoisotopic (exact) mass is 389 g/mol. The molecular formula is C16H18F3N3O3S. The second kappa shape index (κ2) is 7.01. The fourth-order valence-corrected chi connectivity index (χ4v) is 3.18. The molecule has 0 amide bonds. The first-order chi connectivity index (χ1) is 12.1. The van der Waals surface area contributed by atoms with Crippen LogP contribution in [0.1, 0.15) is 5.56 Å². The standard InChI is InChI=1S/C16H18F3N3O3S/c1-21-4-6-22(7-5-21)11-12-8-13-9-14(2-3-15(13)20-10-12)25-26(23,24)16(17,18)19/h2-3,8-10H,4-7,11H2,1H3. The lowest BCUT2D eigenvalue weighted by Crippen LogP contribution is -2.43. The van der Waals surface area contributed by atoms with Crippen LogP contribution < -0.4 is 4.18 Å². The van der Waals surface area contributed by atoms with Gasteiger partial charge in [0, 0.05) is 44.3 Å². The van der Waals surface area contributed by atoms with E-state index in [1.54, 1.807) is 12.3 Å². The summed E-state index contributed by atoms with van der Waals surface area (Å²) in [5.74, 6) is -0.395. The average Bonchev–Trinajstić information content (AvgIpc) is 2.55. The molecule has 142 valence electrons. The molecule has 1 aromatic heterocycles. The van der Waals surface area contributed by atoms with Gasteiger partial charge in [0.15, 0.2) is 0 Å². The second-order valence-corrected chi connectivity index (χ2v) is 7.80. The molecule has 1 aromatic carbocycles. The number of alkyl halides is 3. The van der Waals surface area contributed by atoms with Crippen LogP contribution >= 0.6 is 0 Å². The Morgan fingerprint density at radius 3 is 2.50 bits per heavy atom. The summed E-state index contributed by atoms with van der Waals surface area (Å²) in [7, 11) is -3.63. The third-order valence-electron chi connectivity index (χ3n) is 4.20. The number of hydrogen-bond acceptors (Lipinski definition) is 6. The SMILES string of the molecule is CN1CCN(Cc2cnc3ccc(OS(=O)(=O)C(F)(F)F)cc3c2)CC1. The molecule has 0 unspecified atom stereocenters. The van der Waals surface area contributed by atoms with E-state index in [4.69, 9.17) is 0 Å². The summed E-state index contributed by atoms with van der Waals surface area (Å²) in [5.41, 5.74) is -4.02. The molecule has 3 rings (SSSR count). The fraction of sp³-hybridized carbons (Fsp3) is 0.438. The molecule has 2 heterocycles. The van der Waals surface area contributed by atoms with E-state index in [1.165, 1.54) is 12.1 Å². The van der Waals surface area contributed by atoms with E-state index in [-0.39, 0.29) is 0 Å². The zero-order valence-corrected chi connectivity index (χ0v) is 14.8. The summed E-state index contributed by atoms with van der Waals surface area (Å²) >= 11 is 0. The first-order valence-electron chi connectivity index (χ1n) is 7.94. The molecule has 2 aromatic rings. The number of aromatic nitrogens is 1. The van der Waals surface area contributed by atoms with Crippen molar-refractivity contribution in [1.29, 1.82) is 0 Å². The summed E-state index contributed by atoms with van der Waals surface area (Å²) < 4.78 is 63.8. The van der Waals surface area contributed by atoms with E-state index in [9.17, 15) is 21.6 Å². The molecule has 0 radical (unpaired) electrons. The largest absolute Gasteiger partial charge is 0.534 e. The predicted molar refractivity (Wildman–Crippen MR) is 90.1 cm³/mol. The Morgan fingerprint density at radius 2 is 1.85 bits per heavy atom. The normalized spacial score (nSPS) is 17.5. The lowest BCUT2D eigenvalue weighted by molar-refractivity contribution is -0.0500. The molecule has 0 atom stereocenters. The molecule has 6 nitrogen and oxygen atoms in total. The van der Waals surface area contributed by atoms with Gasteiger partial charge in [-0.1, -0.05) is 0 Å². The van der Waals surface area contributed by atoms with Crippen molar-refractivity contribution < 1.29 is 25.8 Å². The maximum absolute atomic E-state index is 12.5. The predicted octanol–water partition coefficient (Wildman–Crippen LogP) is 2.21. The van der Waals surface area contributed by atoms with E-state index in [0.717, 1.165) is 37.8 Å². The van der Waals surface area contributed by atoms with Crippen LogP contribution in [0.2, 0.25) is 0 Å². The maximum Gasteiger partial charge on any atom is 0.534 e. The van der Waals surface area contributed by atoms with Gasteiger partial charge in [0.1, 0.15) is 5.75 Å². The van der Waals surface area contributed by atoms with Crippen LogP contribution in [0.5, 0.6) is 5.75 Å². The fourth-order valence-electron chi connectivity index (χ4n) is 2.73. The van der Waals surface area contributed by atoms with Gasteiger partial charge in [0.25, 0.3) is 0 Å². The second-order valence-electron chi connectivity index (χ2n) is 6.26. The number of halogens is 3. The number of likely N-dealkylation sites (N-methyl/N-ethyl adjacent to an activating group) is 1. The number of hydrogen-bond donors (Lipinski definition) is 0. The van der Waals surface area contributed by atoms with Crippen LogP contribution in [-0.2, 0) is 16.7 Å². The molecule has 0 spiro atoms. The molecule has 0 aliphatic carbocycles. The third kappa shape index (κ3) is 4.25. The Hall–Kier alpha value is -1.91. The molecule has 1 aliphatic rings. The molecule has 1 fully saturated rings. The Kier molecular flexibility index (Phi) is 5.09. The highest BCUT2D eigenvalue weighted by atomic mass is 32.2. The van der Waals surface area contributed by atoms with Gasteiger partial charge in [-0.25, -0.2) is 0 Å². The summed E-state index contributed by atoms with van der Waals surface area (Å²) in [4.78, 5) is 8.78. The molecule has 0 saturated carbocycles. The molecular weight excluding hydrogens is 371 g/mol. The van der Waals surface area contributed by atoms with Gasteiger partial charge in [0.2, 0.25) is 0 Å². The van der Waals surface area contributed by atoms with Crippen molar-refractivity contribution in [1.82, 2.24) is 14.8 Å². The number of nitrogens with zero attached hydrogens (tertiary/aromatic N) is 3. The molecule has 0 N–H and O–H groups in total. The van der Waals surface area contributed by atoms with Crippen LogP contribution in [0.4, 0.5) is 13.2 Å². The Labute approximate surface area is 149 Å². The number of rotatable bonds is 4. The summed E-state index contributed by atoms with van der Waals surface area (Å²) in [6.45, 7) is 4.44. The number of piperazine rings is 1. The third-order valence-corrected chi connectivity index (χ3v) is 5.18. The molecule has 1 saturated heterocycles. The average molecular weight is 389 g/mol.